The van der Waals surface area contributed by atoms with Crippen molar-refractivity contribution < 1.29 is 49.0 Å². The van der Waals surface area contributed by atoms with Crippen LogP contribution in [-0.4, -0.2) is 36.5 Å². The summed E-state index contributed by atoms with van der Waals surface area (Å²) in [6.07, 6.45) is -9.03. The van der Waals surface area contributed by atoms with Crippen molar-refractivity contribution in [2.45, 2.75) is 44.2 Å². The number of halogens is 9. The molecule has 0 amide bonds. The van der Waals surface area contributed by atoms with Gasteiger partial charge in [0.15, 0.2) is 0 Å². The predicted molar refractivity (Wildman–Crippen MR) is 51.3 cm³/mol. The molecule has 0 aliphatic carbocycles. The molecule has 0 bridgehead atoms. The normalized spacial score (nSPS) is 14.5. The molecule has 11 heteroatoms. The number of ether oxygens (including phenoxy) is 1. The van der Waals surface area contributed by atoms with Gasteiger partial charge in [-0.2, -0.15) is 39.5 Å². The summed E-state index contributed by atoms with van der Waals surface area (Å²) in [7, 11) is 0. The molecule has 0 N–H and O–H groups in total. The zero-order valence-electron chi connectivity index (χ0n) is 10.7. The van der Waals surface area contributed by atoms with Crippen LogP contribution in [0, 0.1) is 5.92 Å². The molecule has 0 unspecified atom stereocenters. The third-order valence-electron chi connectivity index (χ3n) is 2.34. The van der Waals surface area contributed by atoms with E-state index in [2.05, 4.69) is 4.74 Å². The van der Waals surface area contributed by atoms with Gasteiger partial charge in [-0.15, -0.1) is 0 Å². The molecule has 0 aliphatic heterocycles. The largest absolute Gasteiger partial charge is 0.465 e. The Hall–Kier alpha value is -1.16. The molecule has 0 fully saturated rings. The molecule has 2 nitrogen and oxygen atoms in total. The van der Waals surface area contributed by atoms with Crippen molar-refractivity contribution in [1.82, 2.24) is 0 Å². The molecular weight excluding hydrogens is 323 g/mol. The highest BCUT2D eigenvalue weighted by Crippen LogP contribution is 2.53. The molecule has 0 aromatic heterocycles. The SMILES string of the molecule is CC(C)C(=O)OCCC(F)(F)C(F)(F)C(F)(F)C(F)(F)F. The minimum atomic E-state index is -6.93. The number of rotatable bonds is 6. The van der Waals surface area contributed by atoms with Crippen LogP contribution in [0.15, 0.2) is 0 Å². The Morgan fingerprint density at radius 1 is 0.905 bits per heavy atom. The van der Waals surface area contributed by atoms with Gasteiger partial charge < -0.3 is 4.74 Å². The molecule has 0 atom stereocenters. The lowest BCUT2D eigenvalue weighted by molar-refractivity contribution is -0.397. The van der Waals surface area contributed by atoms with E-state index < -0.39 is 48.9 Å². The molecule has 0 saturated heterocycles. The summed E-state index contributed by atoms with van der Waals surface area (Å²) in [5, 5.41) is 0. The van der Waals surface area contributed by atoms with Gasteiger partial charge in [0, 0.05) is 0 Å². The smallest absolute Gasteiger partial charge is 0.460 e. The lowest BCUT2D eigenvalue weighted by atomic mass is 10.0. The van der Waals surface area contributed by atoms with Crippen LogP contribution in [0.2, 0.25) is 0 Å². The van der Waals surface area contributed by atoms with Crippen LogP contribution in [-0.2, 0) is 9.53 Å². The molecule has 0 saturated carbocycles. The van der Waals surface area contributed by atoms with E-state index in [0.717, 1.165) is 0 Å². The Morgan fingerprint density at radius 2 is 1.33 bits per heavy atom. The first-order valence-corrected chi connectivity index (χ1v) is 5.44. The number of hydrogen-bond acceptors (Lipinski definition) is 2. The quantitative estimate of drug-likeness (QED) is 0.541. The van der Waals surface area contributed by atoms with Crippen LogP contribution in [0.4, 0.5) is 39.5 Å². The highest BCUT2D eigenvalue weighted by Gasteiger charge is 2.81. The summed E-state index contributed by atoms with van der Waals surface area (Å²) in [5.41, 5.74) is 0. The summed E-state index contributed by atoms with van der Waals surface area (Å²) < 4.78 is 116. The van der Waals surface area contributed by atoms with Crippen LogP contribution in [0.25, 0.3) is 0 Å². The first-order valence-electron chi connectivity index (χ1n) is 5.44. The lowest BCUT2D eigenvalue weighted by Crippen LogP contribution is -2.61. The van der Waals surface area contributed by atoms with E-state index in [-0.39, 0.29) is 0 Å². The fourth-order valence-corrected chi connectivity index (χ4v) is 1.01. The van der Waals surface area contributed by atoms with E-state index in [4.69, 9.17) is 0 Å². The molecule has 0 radical (unpaired) electrons. The summed E-state index contributed by atoms with van der Waals surface area (Å²) in [6.45, 7) is 1.12. The van der Waals surface area contributed by atoms with Crippen LogP contribution < -0.4 is 0 Å². The number of alkyl halides is 9. The minimum absolute atomic E-state index is 0.809. The number of carbonyl (C=O) groups excluding carboxylic acids is 1. The van der Waals surface area contributed by atoms with Crippen molar-refractivity contribution in [3.63, 3.8) is 0 Å². The van der Waals surface area contributed by atoms with Crippen molar-refractivity contribution in [3.05, 3.63) is 0 Å². The van der Waals surface area contributed by atoms with Crippen molar-refractivity contribution in [3.8, 4) is 0 Å². The second kappa shape index (κ2) is 5.91. The first kappa shape index (κ1) is 19.8. The van der Waals surface area contributed by atoms with Gasteiger partial charge in [0.2, 0.25) is 0 Å². The molecule has 0 aromatic rings. The van der Waals surface area contributed by atoms with Crippen LogP contribution in [0.5, 0.6) is 0 Å². The number of esters is 1. The Labute approximate surface area is 113 Å². The van der Waals surface area contributed by atoms with Gasteiger partial charge in [0.1, 0.15) is 0 Å². The molecule has 0 spiro atoms. The molecule has 0 aliphatic rings. The van der Waals surface area contributed by atoms with Crippen LogP contribution >= 0.6 is 0 Å². The van der Waals surface area contributed by atoms with Gasteiger partial charge in [-0.3, -0.25) is 4.79 Å². The summed E-state index contributed by atoms with van der Waals surface area (Å²) in [6, 6.07) is 0. The minimum Gasteiger partial charge on any atom is -0.465 e. The van der Waals surface area contributed by atoms with E-state index in [1.807, 2.05) is 0 Å². The Kier molecular flexibility index (Phi) is 5.59. The zero-order chi connectivity index (χ0) is 17.3. The molecule has 21 heavy (non-hydrogen) atoms. The predicted octanol–water partition coefficient (Wildman–Crippen LogP) is 4.04. The van der Waals surface area contributed by atoms with Gasteiger partial charge in [-0.1, -0.05) is 13.8 Å². The fourth-order valence-electron chi connectivity index (χ4n) is 1.01. The summed E-state index contributed by atoms with van der Waals surface area (Å²) >= 11 is 0. The van der Waals surface area contributed by atoms with E-state index >= 15 is 0 Å². The third kappa shape index (κ3) is 3.94. The lowest BCUT2D eigenvalue weighted by Gasteiger charge is -2.33. The highest BCUT2D eigenvalue weighted by molar-refractivity contribution is 5.71. The van der Waals surface area contributed by atoms with Gasteiger partial charge in [-0.05, 0) is 0 Å². The number of carbonyl (C=O) groups is 1. The second-order valence-electron chi connectivity index (χ2n) is 4.42. The molecule has 0 heterocycles. The summed E-state index contributed by atoms with van der Waals surface area (Å²) in [5.74, 6) is -21.2. The third-order valence-corrected chi connectivity index (χ3v) is 2.34. The van der Waals surface area contributed by atoms with Crippen molar-refractivity contribution in [1.29, 1.82) is 0 Å². The topological polar surface area (TPSA) is 26.3 Å². The monoisotopic (exact) mass is 334 g/mol. The maximum Gasteiger partial charge on any atom is 0.460 e. The number of hydrogen-bond donors (Lipinski definition) is 0. The fraction of sp³-hybridized carbons (Fsp3) is 0.900. The van der Waals surface area contributed by atoms with Crippen molar-refractivity contribution >= 4 is 5.97 Å². The van der Waals surface area contributed by atoms with Gasteiger partial charge in [0.05, 0.1) is 18.9 Å². The van der Waals surface area contributed by atoms with Crippen LogP contribution in [0.3, 0.4) is 0 Å². The standard InChI is InChI=1S/C10H11F9O2/c1-5(2)6(20)21-4-3-7(11,12)8(13,14)9(15,16)10(17,18)19/h5H,3-4H2,1-2H3. The van der Waals surface area contributed by atoms with Gasteiger partial charge in [-0.25, -0.2) is 0 Å². The highest BCUT2D eigenvalue weighted by atomic mass is 19.4. The Bertz CT molecular complexity index is 373. The zero-order valence-corrected chi connectivity index (χ0v) is 10.7. The molecule has 126 valence electrons. The first-order chi connectivity index (χ1) is 9.08. The van der Waals surface area contributed by atoms with Crippen molar-refractivity contribution in [2.75, 3.05) is 6.61 Å². The maximum atomic E-state index is 13.0. The van der Waals surface area contributed by atoms with E-state index in [1.165, 1.54) is 13.8 Å². The van der Waals surface area contributed by atoms with E-state index in [0.29, 0.717) is 0 Å². The Balaban J connectivity index is 5.01. The van der Waals surface area contributed by atoms with Gasteiger partial charge in [0.25, 0.3) is 0 Å². The molecular formula is C10H11F9O2. The average Bonchev–Trinajstić information content (AvgIpc) is 2.26. The second-order valence-corrected chi connectivity index (χ2v) is 4.42. The van der Waals surface area contributed by atoms with Crippen LogP contribution in [0.1, 0.15) is 20.3 Å². The Morgan fingerprint density at radius 3 is 1.67 bits per heavy atom. The molecule has 0 aromatic carbocycles. The van der Waals surface area contributed by atoms with E-state index in [1.54, 1.807) is 0 Å². The van der Waals surface area contributed by atoms with Gasteiger partial charge >= 0.3 is 29.9 Å². The average molecular weight is 334 g/mol. The maximum absolute atomic E-state index is 13.0. The molecule has 0 rings (SSSR count). The van der Waals surface area contributed by atoms with Crippen molar-refractivity contribution in [2.24, 2.45) is 5.92 Å². The summed E-state index contributed by atoms with van der Waals surface area (Å²) in [4.78, 5) is 10.9. The van der Waals surface area contributed by atoms with E-state index in [9.17, 15) is 44.3 Å².